The molecule has 0 saturated carbocycles. The van der Waals surface area contributed by atoms with Crippen molar-refractivity contribution in [3.8, 4) is 0 Å². The van der Waals surface area contributed by atoms with Crippen LogP contribution in [-0.2, 0) is 4.79 Å². The number of carbonyl (C=O) groups is 2. The summed E-state index contributed by atoms with van der Waals surface area (Å²) in [6, 6.07) is 5.14. The van der Waals surface area contributed by atoms with Crippen molar-refractivity contribution >= 4 is 23.2 Å². The van der Waals surface area contributed by atoms with Gasteiger partial charge in [0.1, 0.15) is 6.04 Å². The summed E-state index contributed by atoms with van der Waals surface area (Å²) in [5, 5.41) is 9.30. The van der Waals surface area contributed by atoms with Crippen LogP contribution in [0.2, 0.25) is 0 Å². The van der Waals surface area contributed by atoms with Gasteiger partial charge in [-0.3, -0.25) is 9.59 Å². The van der Waals surface area contributed by atoms with E-state index >= 15 is 0 Å². The zero-order chi connectivity index (χ0) is 14.1. The summed E-state index contributed by atoms with van der Waals surface area (Å²) < 4.78 is 0. The first-order valence-electron chi connectivity index (χ1n) is 6.87. The van der Waals surface area contributed by atoms with Gasteiger partial charge in [-0.15, -0.1) is 0 Å². The molecule has 0 aromatic heterocycles. The predicted octanol–water partition coefficient (Wildman–Crippen LogP) is 0.484. The highest BCUT2D eigenvalue weighted by molar-refractivity contribution is 5.99. The van der Waals surface area contributed by atoms with Crippen molar-refractivity contribution in [1.29, 1.82) is 0 Å². The van der Waals surface area contributed by atoms with Gasteiger partial charge in [-0.2, -0.15) is 0 Å². The van der Waals surface area contributed by atoms with E-state index in [0.717, 1.165) is 24.5 Å². The third kappa shape index (κ3) is 2.17. The SMILES string of the molecule is CC1C(=O)NCCN1C(=O)c1ccc2c(c1)NCCN2. The number of benzene rings is 1. The van der Waals surface area contributed by atoms with Gasteiger partial charge in [0, 0.05) is 31.7 Å². The largest absolute Gasteiger partial charge is 0.382 e. The van der Waals surface area contributed by atoms with Crippen molar-refractivity contribution in [2.24, 2.45) is 0 Å². The maximum absolute atomic E-state index is 12.5. The molecule has 3 N–H and O–H groups in total. The van der Waals surface area contributed by atoms with Crippen molar-refractivity contribution in [1.82, 2.24) is 10.2 Å². The van der Waals surface area contributed by atoms with Crippen LogP contribution < -0.4 is 16.0 Å². The standard InChI is InChI=1S/C14H18N4O2/c1-9-13(19)17-6-7-18(9)14(20)10-2-3-11-12(8-10)16-5-4-15-11/h2-3,8-9,15-16H,4-7H2,1H3,(H,17,19). The van der Waals surface area contributed by atoms with Gasteiger partial charge in [0.25, 0.3) is 5.91 Å². The van der Waals surface area contributed by atoms with Crippen molar-refractivity contribution in [2.75, 3.05) is 36.8 Å². The topological polar surface area (TPSA) is 73.5 Å². The second-order valence-electron chi connectivity index (χ2n) is 5.08. The number of carbonyl (C=O) groups excluding carboxylic acids is 2. The van der Waals surface area contributed by atoms with E-state index in [-0.39, 0.29) is 11.8 Å². The minimum atomic E-state index is -0.418. The molecule has 6 heteroatoms. The number of piperazine rings is 1. The van der Waals surface area contributed by atoms with E-state index in [1.807, 2.05) is 12.1 Å². The summed E-state index contributed by atoms with van der Waals surface area (Å²) in [6.45, 7) is 4.54. The third-order valence-corrected chi connectivity index (χ3v) is 3.78. The fourth-order valence-corrected chi connectivity index (χ4v) is 2.60. The number of nitrogens with one attached hydrogen (secondary N) is 3. The minimum Gasteiger partial charge on any atom is -0.382 e. The van der Waals surface area contributed by atoms with Gasteiger partial charge >= 0.3 is 0 Å². The number of anilines is 2. The first-order valence-corrected chi connectivity index (χ1v) is 6.87. The number of nitrogens with zero attached hydrogens (tertiary/aromatic N) is 1. The van der Waals surface area contributed by atoms with E-state index in [2.05, 4.69) is 16.0 Å². The Morgan fingerprint density at radius 3 is 2.70 bits per heavy atom. The molecule has 2 aliphatic heterocycles. The Bertz CT molecular complexity index is 558. The van der Waals surface area contributed by atoms with Gasteiger partial charge in [0.15, 0.2) is 0 Å². The lowest BCUT2D eigenvalue weighted by Gasteiger charge is -2.33. The van der Waals surface area contributed by atoms with Gasteiger partial charge in [-0.1, -0.05) is 0 Å². The lowest BCUT2D eigenvalue weighted by molar-refractivity contribution is -0.127. The summed E-state index contributed by atoms with van der Waals surface area (Å²) in [5.74, 6) is -0.190. The molecule has 0 aliphatic carbocycles. The van der Waals surface area contributed by atoms with Crippen LogP contribution in [0.1, 0.15) is 17.3 Å². The van der Waals surface area contributed by atoms with E-state index in [1.165, 1.54) is 0 Å². The quantitative estimate of drug-likeness (QED) is 0.696. The van der Waals surface area contributed by atoms with Gasteiger partial charge in [-0.25, -0.2) is 0 Å². The monoisotopic (exact) mass is 274 g/mol. The number of hydrogen-bond acceptors (Lipinski definition) is 4. The highest BCUT2D eigenvalue weighted by Crippen LogP contribution is 2.26. The Labute approximate surface area is 117 Å². The molecule has 3 rings (SSSR count). The lowest BCUT2D eigenvalue weighted by atomic mass is 10.1. The van der Waals surface area contributed by atoms with Crippen LogP contribution in [0.15, 0.2) is 18.2 Å². The molecule has 0 radical (unpaired) electrons. The Balaban J connectivity index is 1.85. The van der Waals surface area contributed by atoms with Crippen LogP contribution in [0.4, 0.5) is 11.4 Å². The van der Waals surface area contributed by atoms with Gasteiger partial charge in [-0.05, 0) is 25.1 Å². The Kier molecular flexibility index (Phi) is 3.22. The maximum Gasteiger partial charge on any atom is 0.254 e. The average molecular weight is 274 g/mol. The number of amides is 2. The zero-order valence-corrected chi connectivity index (χ0v) is 11.4. The number of fused-ring (bicyclic) bond motifs is 1. The van der Waals surface area contributed by atoms with Gasteiger partial charge in [0.2, 0.25) is 5.91 Å². The fraction of sp³-hybridized carbons (Fsp3) is 0.429. The molecular formula is C14H18N4O2. The molecule has 20 heavy (non-hydrogen) atoms. The Morgan fingerprint density at radius 1 is 1.15 bits per heavy atom. The van der Waals surface area contributed by atoms with E-state index < -0.39 is 6.04 Å². The lowest BCUT2D eigenvalue weighted by Crippen LogP contribution is -2.55. The molecule has 2 aliphatic rings. The van der Waals surface area contributed by atoms with E-state index in [4.69, 9.17) is 0 Å². The van der Waals surface area contributed by atoms with Gasteiger partial charge in [0.05, 0.1) is 11.4 Å². The summed E-state index contributed by atoms with van der Waals surface area (Å²) >= 11 is 0. The average Bonchev–Trinajstić information content (AvgIpc) is 2.49. The Morgan fingerprint density at radius 2 is 1.90 bits per heavy atom. The summed E-state index contributed by atoms with van der Waals surface area (Å²) in [6.07, 6.45) is 0. The Hall–Kier alpha value is -2.24. The molecule has 1 atom stereocenters. The fourth-order valence-electron chi connectivity index (χ4n) is 2.60. The summed E-state index contributed by atoms with van der Waals surface area (Å²) in [4.78, 5) is 25.8. The first kappa shape index (κ1) is 12.8. The second-order valence-corrected chi connectivity index (χ2v) is 5.08. The van der Waals surface area contributed by atoms with Crippen molar-refractivity contribution in [3.63, 3.8) is 0 Å². The third-order valence-electron chi connectivity index (χ3n) is 3.78. The van der Waals surface area contributed by atoms with Crippen LogP contribution in [0, 0.1) is 0 Å². The van der Waals surface area contributed by atoms with Crippen LogP contribution in [0.5, 0.6) is 0 Å². The molecule has 1 aromatic carbocycles. The highest BCUT2D eigenvalue weighted by atomic mass is 16.2. The zero-order valence-electron chi connectivity index (χ0n) is 11.4. The smallest absolute Gasteiger partial charge is 0.254 e. The van der Waals surface area contributed by atoms with Crippen LogP contribution in [0.3, 0.4) is 0 Å². The molecule has 2 heterocycles. The van der Waals surface area contributed by atoms with Crippen LogP contribution >= 0.6 is 0 Å². The summed E-state index contributed by atoms with van der Waals surface area (Å²) in [7, 11) is 0. The molecule has 0 bridgehead atoms. The molecule has 6 nitrogen and oxygen atoms in total. The number of hydrogen-bond donors (Lipinski definition) is 3. The minimum absolute atomic E-state index is 0.0949. The van der Waals surface area contributed by atoms with Crippen LogP contribution in [0.25, 0.3) is 0 Å². The highest BCUT2D eigenvalue weighted by Gasteiger charge is 2.30. The first-order chi connectivity index (χ1) is 9.66. The van der Waals surface area contributed by atoms with E-state index in [9.17, 15) is 9.59 Å². The van der Waals surface area contributed by atoms with Gasteiger partial charge < -0.3 is 20.9 Å². The molecule has 106 valence electrons. The van der Waals surface area contributed by atoms with Crippen molar-refractivity contribution in [2.45, 2.75) is 13.0 Å². The molecule has 0 spiro atoms. The predicted molar refractivity (Wildman–Crippen MR) is 76.9 cm³/mol. The molecule has 1 fully saturated rings. The summed E-state index contributed by atoms with van der Waals surface area (Å²) in [5.41, 5.74) is 2.56. The van der Waals surface area contributed by atoms with Crippen molar-refractivity contribution in [3.05, 3.63) is 23.8 Å². The molecular weight excluding hydrogens is 256 g/mol. The normalized spacial score (nSPS) is 21.4. The van der Waals surface area contributed by atoms with E-state index in [1.54, 1.807) is 17.9 Å². The van der Waals surface area contributed by atoms with E-state index in [0.29, 0.717) is 18.7 Å². The second kappa shape index (κ2) is 5.03. The molecule has 2 amide bonds. The maximum atomic E-state index is 12.5. The number of rotatable bonds is 1. The molecule has 1 aromatic rings. The molecule has 1 unspecified atom stereocenters. The van der Waals surface area contributed by atoms with Crippen LogP contribution in [-0.4, -0.2) is 48.9 Å². The molecule has 1 saturated heterocycles. The van der Waals surface area contributed by atoms with Crippen molar-refractivity contribution < 1.29 is 9.59 Å².